The molecule has 0 radical (unpaired) electrons. The summed E-state index contributed by atoms with van der Waals surface area (Å²) in [6.07, 6.45) is 0. The van der Waals surface area contributed by atoms with Crippen LogP contribution in [0.5, 0.6) is 0 Å². The van der Waals surface area contributed by atoms with E-state index in [9.17, 15) is 5.11 Å². The van der Waals surface area contributed by atoms with Crippen LogP contribution in [0.15, 0.2) is 42.5 Å². The first-order valence-corrected chi connectivity index (χ1v) is 7.04. The lowest BCUT2D eigenvalue weighted by molar-refractivity contribution is 0.224. The summed E-state index contributed by atoms with van der Waals surface area (Å²) in [6.45, 7) is 6.14. The quantitative estimate of drug-likeness (QED) is 0.881. The molecule has 0 saturated heterocycles. The Hall–Kier alpha value is -1.51. The third-order valence-electron chi connectivity index (χ3n) is 3.44. The predicted octanol–water partition coefficient (Wildman–Crippen LogP) is 4.28. The maximum Gasteiger partial charge on any atom is 0.0828 e. The van der Waals surface area contributed by atoms with E-state index in [1.165, 1.54) is 11.1 Å². The normalized spacial score (nSPS) is 13.8. The van der Waals surface area contributed by atoms with Crippen LogP contribution in [-0.4, -0.2) is 11.7 Å². The molecule has 20 heavy (non-hydrogen) atoms. The molecular formula is C17H20ClNO. The highest BCUT2D eigenvalue weighted by Crippen LogP contribution is 2.28. The molecular weight excluding hydrogens is 270 g/mol. The number of aliphatic hydroxyl groups is 1. The summed E-state index contributed by atoms with van der Waals surface area (Å²) >= 11 is 5.90. The van der Waals surface area contributed by atoms with E-state index in [1.807, 2.05) is 31.2 Å². The van der Waals surface area contributed by atoms with E-state index in [4.69, 9.17) is 11.6 Å². The zero-order valence-electron chi connectivity index (χ0n) is 12.1. The highest BCUT2D eigenvalue weighted by Gasteiger charge is 2.26. The van der Waals surface area contributed by atoms with E-state index in [0.717, 1.165) is 11.3 Å². The molecule has 1 unspecified atom stereocenters. The molecule has 0 bridgehead atoms. The Morgan fingerprint density at radius 2 is 1.60 bits per heavy atom. The molecule has 0 amide bonds. The fraction of sp³-hybridized carbons (Fsp3) is 0.294. The number of aliphatic hydroxyl groups excluding tert-OH is 1. The second-order valence-corrected chi connectivity index (χ2v) is 5.93. The summed E-state index contributed by atoms with van der Waals surface area (Å²) in [5.74, 6) is 0. The number of anilines is 1. The van der Waals surface area contributed by atoms with Gasteiger partial charge in [0.1, 0.15) is 0 Å². The van der Waals surface area contributed by atoms with Crippen LogP contribution in [0.1, 0.15) is 23.6 Å². The zero-order chi connectivity index (χ0) is 14.8. The summed E-state index contributed by atoms with van der Waals surface area (Å²) in [7, 11) is 0. The van der Waals surface area contributed by atoms with Crippen LogP contribution < -0.4 is 5.32 Å². The van der Waals surface area contributed by atoms with Crippen LogP contribution >= 0.6 is 11.6 Å². The summed E-state index contributed by atoms with van der Waals surface area (Å²) in [4.78, 5) is 0. The van der Waals surface area contributed by atoms with Crippen LogP contribution in [0.2, 0.25) is 5.02 Å². The molecule has 2 N–H and O–H groups in total. The third-order valence-corrected chi connectivity index (χ3v) is 3.69. The van der Waals surface area contributed by atoms with Crippen molar-refractivity contribution in [2.24, 2.45) is 0 Å². The molecule has 2 aromatic rings. The monoisotopic (exact) mass is 289 g/mol. The molecule has 0 heterocycles. The van der Waals surface area contributed by atoms with E-state index in [1.54, 1.807) is 0 Å². The van der Waals surface area contributed by atoms with Crippen molar-refractivity contribution in [1.82, 2.24) is 0 Å². The SMILES string of the molecule is Cc1cc(C)cc(C(C)(CO)Nc2ccc(Cl)cc2)c1. The van der Waals surface area contributed by atoms with E-state index >= 15 is 0 Å². The number of nitrogens with one attached hydrogen (secondary N) is 1. The van der Waals surface area contributed by atoms with E-state index in [2.05, 4.69) is 37.4 Å². The smallest absolute Gasteiger partial charge is 0.0828 e. The predicted molar refractivity (Wildman–Crippen MR) is 85.4 cm³/mol. The molecule has 0 aliphatic rings. The number of hydrogen-bond donors (Lipinski definition) is 2. The number of halogens is 1. The highest BCUT2D eigenvalue weighted by atomic mass is 35.5. The van der Waals surface area contributed by atoms with Gasteiger partial charge in [-0.25, -0.2) is 0 Å². The summed E-state index contributed by atoms with van der Waals surface area (Å²) in [5.41, 5.74) is 3.87. The molecule has 106 valence electrons. The molecule has 1 atom stereocenters. The molecule has 0 aliphatic heterocycles. The van der Waals surface area contributed by atoms with Crippen molar-refractivity contribution in [2.45, 2.75) is 26.3 Å². The van der Waals surface area contributed by atoms with Gasteiger partial charge in [0.05, 0.1) is 12.1 Å². The fourth-order valence-electron chi connectivity index (χ4n) is 2.35. The zero-order valence-corrected chi connectivity index (χ0v) is 12.8. The average molecular weight is 290 g/mol. The Labute approximate surface area is 125 Å². The van der Waals surface area contributed by atoms with Gasteiger partial charge < -0.3 is 10.4 Å². The van der Waals surface area contributed by atoms with Crippen molar-refractivity contribution < 1.29 is 5.11 Å². The van der Waals surface area contributed by atoms with Crippen LogP contribution in [0, 0.1) is 13.8 Å². The summed E-state index contributed by atoms with van der Waals surface area (Å²) in [6, 6.07) is 13.8. The maximum atomic E-state index is 9.85. The Balaban J connectivity index is 2.35. The van der Waals surface area contributed by atoms with Gasteiger partial charge in [-0.15, -0.1) is 0 Å². The van der Waals surface area contributed by atoms with Gasteiger partial charge in [-0.3, -0.25) is 0 Å². The molecule has 0 fully saturated rings. The molecule has 3 heteroatoms. The van der Waals surface area contributed by atoms with Crippen LogP contribution in [-0.2, 0) is 5.54 Å². The standard InChI is InChI=1S/C17H20ClNO/c1-12-8-13(2)10-14(9-12)17(3,11-20)19-16-6-4-15(18)5-7-16/h4-10,19-20H,11H2,1-3H3. The highest BCUT2D eigenvalue weighted by molar-refractivity contribution is 6.30. The minimum atomic E-state index is -0.523. The van der Waals surface area contributed by atoms with Gasteiger partial charge in [0, 0.05) is 10.7 Å². The van der Waals surface area contributed by atoms with E-state index < -0.39 is 5.54 Å². The Bertz CT molecular complexity index is 574. The Morgan fingerprint density at radius 1 is 1.05 bits per heavy atom. The fourth-order valence-corrected chi connectivity index (χ4v) is 2.47. The van der Waals surface area contributed by atoms with Crippen molar-refractivity contribution in [3.8, 4) is 0 Å². The van der Waals surface area contributed by atoms with Crippen LogP contribution in [0.25, 0.3) is 0 Å². The second kappa shape index (κ2) is 5.86. The van der Waals surface area contributed by atoms with Gasteiger partial charge in [0.15, 0.2) is 0 Å². The van der Waals surface area contributed by atoms with Gasteiger partial charge in [0.2, 0.25) is 0 Å². The van der Waals surface area contributed by atoms with Gasteiger partial charge >= 0.3 is 0 Å². The largest absolute Gasteiger partial charge is 0.394 e. The first kappa shape index (κ1) is 14.9. The molecule has 2 nitrogen and oxygen atoms in total. The number of benzene rings is 2. The van der Waals surface area contributed by atoms with Gasteiger partial charge in [-0.05, 0) is 50.6 Å². The lowest BCUT2D eigenvalue weighted by Gasteiger charge is -2.31. The van der Waals surface area contributed by atoms with Crippen molar-refractivity contribution in [3.63, 3.8) is 0 Å². The Kier molecular flexibility index (Phi) is 4.36. The molecule has 0 aromatic heterocycles. The van der Waals surface area contributed by atoms with Crippen molar-refractivity contribution >= 4 is 17.3 Å². The number of rotatable bonds is 4. The van der Waals surface area contributed by atoms with Gasteiger partial charge in [-0.2, -0.15) is 0 Å². The molecule has 2 aromatic carbocycles. The lowest BCUT2D eigenvalue weighted by atomic mass is 9.90. The minimum absolute atomic E-state index is 0.0124. The average Bonchev–Trinajstić information content (AvgIpc) is 2.40. The topological polar surface area (TPSA) is 32.3 Å². The van der Waals surface area contributed by atoms with E-state index in [0.29, 0.717) is 5.02 Å². The van der Waals surface area contributed by atoms with E-state index in [-0.39, 0.29) is 6.61 Å². The maximum absolute atomic E-state index is 9.85. The van der Waals surface area contributed by atoms with Crippen molar-refractivity contribution in [3.05, 3.63) is 64.2 Å². The molecule has 0 aliphatic carbocycles. The van der Waals surface area contributed by atoms with Crippen LogP contribution in [0.3, 0.4) is 0 Å². The first-order chi connectivity index (χ1) is 9.43. The Morgan fingerprint density at radius 3 is 2.10 bits per heavy atom. The van der Waals surface area contributed by atoms with Gasteiger partial charge in [0.25, 0.3) is 0 Å². The molecule has 0 spiro atoms. The summed E-state index contributed by atoms with van der Waals surface area (Å²) in [5, 5.41) is 13.9. The first-order valence-electron chi connectivity index (χ1n) is 6.66. The summed E-state index contributed by atoms with van der Waals surface area (Å²) < 4.78 is 0. The van der Waals surface area contributed by atoms with Crippen molar-refractivity contribution in [2.75, 3.05) is 11.9 Å². The minimum Gasteiger partial charge on any atom is -0.394 e. The lowest BCUT2D eigenvalue weighted by Crippen LogP contribution is -2.36. The van der Waals surface area contributed by atoms with Crippen LogP contribution in [0.4, 0.5) is 5.69 Å². The van der Waals surface area contributed by atoms with Crippen molar-refractivity contribution in [1.29, 1.82) is 0 Å². The van der Waals surface area contributed by atoms with Gasteiger partial charge in [-0.1, -0.05) is 40.9 Å². The second-order valence-electron chi connectivity index (χ2n) is 5.50. The molecule has 0 saturated carbocycles. The number of aryl methyl sites for hydroxylation is 2. The third kappa shape index (κ3) is 3.33. The number of hydrogen-bond acceptors (Lipinski definition) is 2. The molecule has 2 rings (SSSR count).